The van der Waals surface area contributed by atoms with Crippen LogP contribution >= 0.6 is 11.3 Å². The molecule has 39 heavy (non-hydrogen) atoms. The van der Waals surface area contributed by atoms with Crippen molar-refractivity contribution in [2.75, 3.05) is 51.8 Å². The number of piperazine rings is 1. The lowest BCUT2D eigenvalue weighted by molar-refractivity contribution is -0.144. The monoisotopic (exact) mass is 548 g/mol. The van der Waals surface area contributed by atoms with Crippen molar-refractivity contribution in [3.8, 4) is 17.0 Å². The van der Waals surface area contributed by atoms with Gasteiger partial charge in [-0.3, -0.25) is 19.3 Å². The van der Waals surface area contributed by atoms with Gasteiger partial charge in [0, 0.05) is 44.2 Å². The number of likely N-dealkylation sites (N-methyl/N-ethyl adjacent to an activating group) is 1. The van der Waals surface area contributed by atoms with Crippen LogP contribution < -0.4 is 9.64 Å². The topological polar surface area (TPSA) is 103 Å². The molecule has 1 saturated heterocycles. The van der Waals surface area contributed by atoms with Crippen LogP contribution in [0.2, 0.25) is 0 Å². The van der Waals surface area contributed by atoms with E-state index < -0.39 is 11.4 Å². The summed E-state index contributed by atoms with van der Waals surface area (Å²) in [6.07, 6.45) is 0.563. The Hall–Kier alpha value is -3.76. The van der Waals surface area contributed by atoms with Crippen LogP contribution in [-0.4, -0.2) is 84.6 Å². The van der Waals surface area contributed by atoms with Crippen LogP contribution in [0.3, 0.4) is 0 Å². The minimum absolute atomic E-state index is 0.00121. The van der Waals surface area contributed by atoms with Crippen molar-refractivity contribution < 1.29 is 24.2 Å². The van der Waals surface area contributed by atoms with E-state index in [1.54, 1.807) is 19.2 Å². The van der Waals surface area contributed by atoms with Crippen LogP contribution in [0.5, 0.6) is 5.75 Å². The van der Waals surface area contributed by atoms with Crippen molar-refractivity contribution in [1.82, 2.24) is 14.8 Å². The van der Waals surface area contributed by atoms with Gasteiger partial charge >= 0.3 is 5.97 Å². The van der Waals surface area contributed by atoms with Crippen LogP contribution in [0, 0.1) is 5.41 Å². The lowest BCUT2D eigenvalue weighted by Crippen LogP contribution is -2.48. The molecule has 5 rings (SSSR count). The number of benzene rings is 2. The maximum atomic E-state index is 13.7. The number of rotatable bonds is 8. The van der Waals surface area contributed by atoms with Gasteiger partial charge in [0.1, 0.15) is 5.75 Å². The number of anilines is 1. The number of ether oxygens (including phenoxy) is 1. The van der Waals surface area contributed by atoms with Crippen molar-refractivity contribution in [2.45, 2.75) is 19.3 Å². The van der Waals surface area contributed by atoms with Gasteiger partial charge in [0.05, 0.1) is 17.5 Å². The normalized spacial score (nSPS) is 16.5. The van der Waals surface area contributed by atoms with Gasteiger partial charge in [-0.15, -0.1) is 11.3 Å². The standard InChI is InChI=1S/C29H32N4O5S/c1-31-11-13-33(14-12-31)25(34)18-38-23-9-7-20(8-10-23)24-19-39-28(30-24)32(2)27(37)29(17-26(35)36)15-21-5-3-4-6-22(21)16-29/h3-10,19H,11-18H2,1-2H3,(H,35,36). The Morgan fingerprint density at radius 1 is 1.03 bits per heavy atom. The predicted molar refractivity (Wildman–Crippen MR) is 149 cm³/mol. The fourth-order valence-electron chi connectivity index (χ4n) is 5.34. The number of carboxylic acids is 1. The molecule has 2 aromatic carbocycles. The summed E-state index contributed by atoms with van der Waals surface area (Å²) in [5.74, 6) is -0.650. The van der Waals surface area contributed by atoms with Gasteiger partial charge < -0.3 is 19.6 Å². The van der Waals surface area contributed by atoms with Gasteiger partial charge in [-0.25, -0.2) is 4.98 Å². The molecule has 204 valence electrons. The third kappa shape index (κ3) is 5.81. The molecule has 1 aliphatic heterocycles. The SMILES string of the molecule is CN1CCN(C(=O)COc2ccc(-c3csc(N(C)C(=O)C4(CC(=O)O)Cc5ccccc5C4)n3)cc2)CC1. The summed E-state index contributed by atoms with van der Waals surface area (Å²) < 4.78 is 5.72. The number of aromatic nitrogens is 1. The summed E-state index contributed by atoms with van der Waals surface area (Å²) in [5, 5.41) is 12.0. The molecule has 0 unspecified atom stereocenters. The van der Waals surface area contributed by atoms with Crippen LogP contribution in [0.1, 0.15) is 17.5 Å². The van der Waals surface area contributed by atoms with E-state index in [4.69, 9.17) is 4.74 Å². The van der Waals surface area contributed by atoms with E-state index in [1.807, 2.05) is 53.7 Å². The number of thiazole rings is 1. The molecule has 3 aromatic rings. The highest BCUT2D eigenvalue weighted by atomic mass is 32.1. The van der Waals surface area contributed by atoms with E-state index in [-0.39, 0.29) is 24.8 Å². The maximum Gasteiger partial charge on any atom is 0.304 e. The lowest BCUT2D eigenvalue weighted by atomic mass is 9.80. The Labute approximate surface area is 231 Å². The van der Waals surface area contributed by atoms with E-state index in [9.17, 15) is 19.5 Å². The molecule has 0 spiro atoms. The molecule has 0 saturated carbocycles. The second kappa shape index (κ2) is 11.2. The van der Waals surface area contributed by atoms with E-state index in [2.05, 4.69) is 9.88 Å². The van der Waals surface area contributed by atoms with Gasteiger partial charge in [0.15, 0.2) is 11.7 Å². The summed E-state index contributed by atoms with van der Waals surface area (Å²) in [6.45, 7) is 3.16. The molecule has 1 N–H and O–H groups in total. The van der Waals surface area contributed by atoms with Gasteiger partial charge in [-0.05, 0) is 55.3 Å². The highest BCUT2D eigenvalue weighted by Crippen LogP contribution is 2.42. The average Bonchev–Trinajstić information content (AvgIpc) is 3.57. The predicted octanol–water partition coefficient (Wildman–Crippen LogP) is 3.19. The minimum atomic E-state index is -1.03. The minimum Gasteiger partial charge on any atom is -0.484 e. The second-order valence-corrected chi connectivity index (χ2v) is 11.2. The molecule has 10 heteroatoms. The quantitative estimate of drug-likeness (QED) is 0.461. The fourth-order valence-corrected chi connectivity index (χ4v) is 6.14. The van der Waals surface area contributed by atoms with E-state index in [0.29, 0.717) is 42.5 Å². The first-order chi connectivity index (χ1) is 18.7. The summed E-state index contributed by atoms with van der Waals surface area (Å²) >= 11 is 1.34. The molecule has 1 aromatic heterocycles. The van der Waals surface area contributed by atoms with Gasteiger partial charge in [-0.2, -0.15) is 0 Å². The Bertz CT molecular complexity index is 1340. The number of aliphatic carboxylic acids is 1. The summed E-state index contributed by atoms with van der Waals surface area (Å²) in [5.41, 5.74) is 2.57. The van der Waals surface area contributed by atoms with Crippen molar-refractivity contribution in [3.63, 3.8) is 0 Å². The second-order valence-electron chi connectivity index (χ2n) is 10.3. The molecular weight excluding hydrogens is 516 g/mol. The molecule has 2 heterocycles. The Kier molecular flexibility index (Phi) is 7.67. The third-order valence-corrected chi connectivity index (χ3v) is 8.49. The number of carbonyl (C=O) groups is 3. The van der Waals surface area contributed by atoms with E-state index >= 15 is 0 Å². The van der Waals surface area contributed by atoms with Crippen molar-refractivity contribution in [1.29, 1.82) is 0 Å². The molecule has 0 atom stereocenters. The van der Waals surface area contributed by atoms with Crippen LogP contribution in [0.15, 0.2) is 53.9 Å². The highest BCUT2D eigenvalue weighted by Gasteiger charge is 2.47. The molecule has 1 fully saturated rings. The number of carboxylic acid groups (broad SMARTS) is 1. The zero-order valence-corrected chi connectivity index (χ0v) is 22.9. The summed E-state index contributed by atoms with van der Waals surface area (Å²) in [6, 6.07) is 15.1. The number of hydrogen-bond donors (Lipinski definition) is 1. The van der Waals surface area contributed by atoms with Gasteiger partial charge in [0.2, 0.25) is 5.91 Å². The van der Waals surface area contributed by atoms with E-state index in [0.717, 1.165) is 29.8 Å². The van der Waals surface area contributed by atoms with Gasteiger partial charge in [-0.1, -0.05) is 24.3 Å². The molecule has 9 nitrogen and oxygen atoms in total. The first-order valence-corrected chi connectivity index (χ1v) is 13.8. The van der Waals surface area contributed by atoms with Crippen molar-refractivity contribution in [2.24, 2.45) is 5.41 Å². The number of amides is 2. The largest absolute Gasteiger partial charge is 0.484 e. The van der Waals surface area contributed by atoms with Crippen molar-refractivity contribution >= 4 is 34.3 Å². The number of nitrogens with zero attached hydrogens (tertiary/aromatic N) is 4. The number of hydrogen-bond acceptors (Lipinski definition) is 7. The molecule has 0 bridgehead atoms. The fraction of sp³-hybridized carbons (Fsp3) is 0.379. The summed E-state index contributed by atoms with van der Waals surface area (Å²) in [4.78, 5) is 48.1. The molecule has 0 radical (unpaired) electrons. The first kappa shape index (κ1) is 26.8. The lowest BCUT2D eigenvalue weighted by Gasteiger charge is -2.32. The Morgan fingerprint density at radius 3 is 2.28 bits per heavy atom. The number of carbonyl (C=O) groups excluding carboxylic acids is 2. The van der Waals surface area contributed by atoms with Crippen LogP contribution in [-0.2, 0) is 27.2 Å². The molecule has 2 aliphatic rings. The number of fused-ring (bicyclic) bond motifs is 1. The zero-order chi connectivity index (χ0) is 27.6. The summed E-state index contributed by atoms with van der Waals surface area (Å²) in [7, 11) is 3.71. The van der Waals surface area contributed by atoms with Gasteiger partial charge in [0.25, 0.3) is 5.91 Å². The van der Waals surface area contributed by atoms with Crippen LogP contribution in [0.25, 0.3) is 11.3 Å². The Balaban J connectivity index is 1.23. The third-order valence-electron chi connectivity index (χ3n) is 7.57. The van der Waals surface area contributed by atoms with Crippen molar-refractivity contribution in [3.05, 3.63) is 65.0 Å². The average molecular weight is 549 g/mol. The molecular formula is C29H32N4O5S. The highest BCUT2D eigenvalue weighted by molar-refractivity contribution is 7.14. The molecule has 1 aliphatic carbocycles. The van der Waals surface area contributed by atoms with E-state index in [1.165, 1.54) is 16.2 Å². The first-order valence-electron chi connectivity index (χ1n) is 13.0. The Morgan fingerprint density at radius 2 is 1.67 bits per heavy atom. The zero-order valence-electron chi connectivity index (χ0n) is 22.1. The smallest absolute Gasteiger partial charge is 0.304 e. The van der Waals surface area contributed by atoms with Crippen LogP contribution in [0.4, 0.5) is 5.13 Å². The molecule has 2 amide bonds. The maximum absolute atomic E-state index is 13.7.